The van der Waals surface area contributed by atoms with Gasteiger partial charge < -0.3 is 18.8 Å². The highest BCUT2D eigenvalue weighted by Crippen LogP contribution is 2.27. The second kappa shape index (κ2) is 9.09. The maximum Gasteiger partial charge on any atom is 0.387 e. The molecule has 0 aliphatic heterocycles. The number of alkyl halides is 2. The predicted octanol–water partition coefficient (Wildman–Crippen LogP) is 4.90. The van der Waals surface area contributed by atoms with Gasteiger partial charge >= 0.3 is 6.61 Å². The monoisotopic (exact) mass is 425 g/mol. The largest absolute Gasteiger partial charge is 0.481 e. The average molecular weight is 425 g/mol. The number of hydrogen-bond acceptors (Lipinski definition) is 5. The summed E-state index contributed by atoms with van der Waals surface area (Å²) < 4.78 is 42.2. The first-order chi connectivity index (χ1) is 15.1. The third kappa shape index (κ3) is 4.64. The van der Waals surface area contributed by atoms with Gasteiger partial charge in [-0.25, -0.2) is 9.97 Å². The van der Waals surface area contributed by atoms with E-state index >= 15 is 0 Å². The Labute approximate surface area is 178 Å². The summed E-state index contributed by atoms with van der Waals surface area (Å²) in [4.78, 5) is 8.95. The lowest BCUT2D eigenvalue weighted by molar-refractivity contribution is -0.0498. The van der Waals surface area contributed by atoms with Crippen LogP contribution in [0.2, 0.25) is 0 Å². The number of fused-ring (bicyclic) bond motifs is 1. The molecule has 2 heterocycles. The topological polar surface area (TPSA) is 58.4 Å². The number of nitrogens with zero attached hydrogens (tertiary/aromatic N) is 3. The highest BCUT2D eigenvalue weighted by Gasteiger charge is 2.14. The van der Waals surface area contributed by atoms with Crippen LogP contribution in [0, 0.1) is 0 Å². The van der Waals surface area contributed by atoms with Crippen LogP contribution in [0.3, 0.4) is 0 Å². The number of methoxy groups -OCH3 is 2. The van der Waals surface area contributed by atoms with E-state index in [1.54, 1.807) is 32.5 Å². The van der Waals surface area contributed by atoms with Crippen molar-refractivity contribution < 1.29 is 23.0 Å². The molecule has 0 bridgehead atoms. The Bertz CT molecular complexity index is 1180. The molecule has 31 heavy (non-hydrogen) atoms. The van der Waals surface area contributed by atoms with Crippen molar-refractivity contribution in [2.45, 2.75) is 19.8 Å². The van der Waals surface area contributed by atoms with Crippen molar-refractivity contribution in [1.29, 1.82) is 0 Å². The smallest absolute Gasteiger partial charge is 0.387 e. The van der Waals surface area contributed by atoms with Crippen molar-refractivity contribution in [2.75, 3.05) is 14.2 Å². The molecule has 0 unspecified atom stereocenters. The van der Waals surface area contributed by atoms with E-state index in [1.165, 1.54) is 6.07 Å². The zero-order chi connectivity index (χ0) is 21.8. The van der Waals surface area contributed by atoms with Crippen LogP contribution in [-0.2, 0) is 17.9 Å². The molecule has 6 nitrogen and oxygen atoms in total. The Morgan fingerprint density at radius 2 is 1.84 bits per heavy atom. The van der Waals surface area contributed by atoms with Crippen LogP contribution in [-0.4, -0.2) is 35.4 Å². The van der Waals surface area contributed by atoms with Gasteiger partial charge in [0.05, 0.1) is 18.1 Å². The lowest BCUT2D eigenvalue weighted by Crippen LogP contribution is -2.07. The number of hydrogen-bond donors (Lipinski definition) is 0. The molecule has 0 aliphatic rings. The van der Waals surface area contributed by atoms with Crippen LogP contribution in [0.5, 0.6) is 11.6 Å². The van der Waals surface area contributed by atoms with Crippen molar-refractivity contribution in [1.82, 2.24) is 14.5 Å². The summed E-state index contributed by atoms with van der Waals surface area (Å²) in [7, 11) is 3.18. The molecule has 4 aromatic rings. The van der Waals surface area contributed by atoms with Crippen LogP contribution in [0.15, 0.2) is 60.8 Å². The van der Waals surface area contributed by atoms with Crippen LogP contribution in [0.1, 0.15) is 11.4 Å². The first-order valence-corrected chi connectivity index (χ1v) is 9.59. The predicted molar refractivity (Wildman–Crippen MR) is 112 cm³/mol. The first kappa shape index (κ1) is 20.7. The van der Waals surface area contributed by atoms with E-state index in [2.05, 4.69) is 14.7 Å². The average Bonchev–Trinajstić information content (AvgIpc) is 3.10. The van der Waals surface area contributed by atoms with Crippen LogP contribution < -0.4 is 9.47 Å². The minimum atomic E-state index is -2.87. The lowest BCUT2D eigenvalue weighted by Gasteiger charge is -2.11. The van der Waals surface area contributed by atoms with Gasteiger partial charge in [-0.3, -0.25) is 0 Å². The fourth-order valence-corrected chi connectivity index (χ4v) is 3.44. The lowest BCUT2D eigenvalue weighted by atomic mass is 10.1. The molecular formula is C23H21F2N3O3. The zero-order valence-electron chi connectivity index (χ0n) is 17.1. The summed E-state index contributed by atoms with van der Waals surface area (Å²) in [5, 5.41) is 0. The summed E-state index contributed by atoms with van der Waals surface area (Å²) in [6.45, 7) is -2.12. The van der Waals surface area contributed by atoms with Gasteiger partial charge in [-0.05, 0) is 41.5 Å². The van der Waals surface area contributed by atoms with Gasteiger partial charge in [-0.1, -0.05) is 18.2 Å². The standard InChI is InChI=1S/C23H21F2N3O3/c1-29-14-21-27-19-8-6-16(17-7-9-22(30-2)26-12-17)11-20(19)28(21)13-15-4-3-5-18(10-15)31-23(24)25/h3-12,23H,13-14H2,1-2H3. The summed E-state index contributed by atoms with van der Waals surface area (Å²) >= 11 is 0. The van der Waals surface area contributed by atoms with E-state index in [1.807, 2.05) is 41.0 Å². The number of rotatable bonds is 8. The van der Waals surface area contributed by atoms with Gasteiger partial charge in [0.2, 0.25) is 5.88 Å². The third-order valence-electron chi connectivity index (χ3n) is 4.84. The number of halogens is 2. The fraction of sp³-hybridized carbons (Fsp3) is 0.217. The van der Waals surface area contributed by atoms with E-state index in [0.717, 1.165) is 33.5 Å². The summed E-state index contributed by atoms with van der Waals surface area (Å²) in [6, 6.07) is 16.4. The molecule has 0 fully saturated rings. The molecule has 4 rings (SSSR count). The molecule has 0 radical (unpaired) electrons. The van der Waals surface area contributed by atoms with Crippen molar-refractivity contribution in [2.24, 2.45) is 0 Å². The molecular weight excluding hydrogens is 404 g/mol. The van der Waals surface area contributed by atoms with Gasteiger partial charge in [0.25, 0.3) is 0 Å². The minimum absolute atomic E-state index is 0.121. The Morgan fingerprint density at radius 3 is 2.55 bits per heavy atom. The normalized spacial score (nSPS) is 11.3. The van der Waals surface area contributed by atoms with E-state index in [9.17, 15) is 8.78 Å². The molecule has 0 spiro atoms. The fourth-order valence-electron chi connectivity index (χ4n) is 3.44. The molecule has 160 valence electrons. The molecule has 0 atom stereocenters. The Hall–Kier alpha value is -3.52. The van der Waals surface area contributed by atoms with Gasteiger partial charge in [0.15, 0.2) is 0 Å². The summed E-state index contributed by atoms with van der Waals surface area (Å²) in [5.41, 5.74) is 4.45. The third-order valence-corrected chi connectivity index (χ3v) is 4.84. The molecule has 2 aromatic heterocycles. The van der Waals surface area contributed by atoms with Gasteiger partial charge in [0, 0.05) is 31.5 Å². The number of benzene rings is 2. The van der Waals surface area contributed by atoms with Crippen molar-refractivity contribution in [3.63, 3.8) is 0 Å². The molecule has 0 aliphatic carbocycles. The quantitative estimate of drug-likeness (QED) is 0.402. The Balaban J connectivity index is 1.74. The van der Waals surface area contributed by atoms with Crippen molar-refractivity contribution in [3.05, 3.63) is 72.2 Å². The number of aromatic nitrogens is 3. The number of imidazole rings is 1. The molecule has 0 amide bonds. The van der Waals surface area contributed by atoms with Crippen molar-refractivity contribution >= 4 is 11.0 Å². The van der Waals surface area contributed by atoms with E-state index < -0.39 is 6.61 Å². The van der Waals surface area contributed by atoms with Gasteiger partial charge in [0.1, 0.15) is 18.2 Å². The minimum Gasteiger partial charge on any atom is -0.481 e. The Morgan fingerprint density at radius 1 is 1.00 bits per heavy atom. The highest BCUT2D eigenvalue weighted by molar-refractivity contribution is 5.82. The molecule has 2 aromatic carbocycles. The summed E-state index contributed by atoms with van der Waals surface area (Å²) in [6.07, 6.45) is 1.75. The second-order valence-corrected chi connectivity index (χ2v) is 6.87. The maximum absolute atomic E-state index is 12.6. The van der Waals surface area contributed by atoms with Crippen LogP contribution >= 0.6 is 0 Å². The SMILES string of the molecule is COCc1nc2ccc(-c3ccc(OC)nc3)cc2n1Cc1cccc(OC(F)F)c1. The van der Waals surface area contributed by atoms with E-state index in [-0.39, 0.29) is 5.75 Å². The van der Waals surface area contributed by atoms with E-state index in [4.69, 9.17) is 9.47 Å². The van der Waals surface area contributed by atoms with Crippen LogP contribution in [0.25, 0.3) is 22.2 Å². The highest BCUT2D eigenvalue weighted by atomic mass is 19.3. The maximum atomic E-state index is 12.6. The van der Waals surface area contributed by atoms with Crippen molar-refractivity contribution in [3.8, 4) is 22.8 Å². The van der Waals surface area contributed by atoms with E-state index in [0.29, 0.717) is 19.0 Å². The van der Waals surface area contributed by atoms with Gasteiger partial charge in [-0.15, -0.1) is 0 Å². The molecule has 0 saturated carbocycles. The molecule has 0 N–H and O–H groups in total. The Kier molecular flexibility index (Phi) is 6.08. The van der Waals surface area contributed by atoms with Crippen LogP contribution in [0.4, 0.5) is 8.78 Å². The second-order valence-electron chi connectivity index (χ2n) is 6.87. The molecule has 8 heteroatoms. The number of ether oxygens (including phenoxy) is 3. The molecule has 0 saturated heterocycles. The summed E-state index contributed by atoms with van der Waals surface area (Å²) in [5.74, 6) is 1.40. The van der Waals surface area contributed by atoms with Gasteiger partial charge in [-0.2, -0.15) is 8.78 Å². The zero-order valence-corrected chi connectivity index (χ0v) is 17.1. The number of pyridine rings is 1. The first-order valence-electron chi connectivity index (χ1n) is 9.59.